The van der Waals surface area contributed by atoms with E-state index in [0.29, 0.717) is 0 Å². The number of rotatable bonds is 12. The summed E-state index contributed by atoms with van der Waals surface area (Å²) in [7, 11) is 0. The molecule has 1 aromatic heterocycles. The van der Waals surface area contributed by atoms with Gasteiger partial charge in [0, 0.05) is 19.3 Å². The second-order valence-corrected chi connectivity index (χ2v) is 5.40. The number of hydrogen-bond acceptors (Lipinski definition) is 2. The summed E-state index contributed by atoms with van der Waals surface area (Å²) in [6, 6.07) is 0. The second kappa shape index (κ2) is 11.0. The maximum absolute atomic E-state index is 4.43. The summed E-state index contributed by atoms with van der Waals surface area (Å²) in [5, 5.41) is 3.38. The van der Waals surface area contributed by atoms with Gasteiger partial charge in [-0.25, -0.2) is 4.98 Å². The molecule has 19 heavy (non-hydrogen) atoms. The fraction of sp³-hybridized carbons (Fsp3) is 0.812. The van der Waals surface area contributed by atoms with Crippen molar-refractivity contribution in [1.82, 2.24) is 14.9 Å². The van der Waals surface area contributed by atoms with Crippen molar-refractivity contribution in [3.63, 3.8) is 0 Å². The zero-order valence-electron chi connectivity index (χ0n) is 12.8. The summed E-state index contributed by atoms with van der Waals surface area (Å²) >= 11 is 0. The van der Waals surface area contributed by atoms with Crippen LogP contribution in [0.25, 0.3) is 0 Å². The van der Waals surface area contributed by atoms with Gasteiger partial charge in [0.05, 0.1) is 12.0 Å². The van der Waals surface area contributed by atoms with Crippen molar-refractivity contribution in [2.24, 2.45) is 0 Å². The van der Waals surface area contributed by atoms with Crippen LogP contribution in [0.5, 0.6) is 0 Å². The summed E-state index contributed by atoms with van der Waals surface area (Å²) in [6.45, 7) is 7.55. The third-order valence-corrected chi connectivity index (χ3v) is 3.44. The predicted octanol–water partition coefficient (Wildman–Crippen LogP) is 4.13. The van der Waals surface area contributed by atoms with E-state index in [4.69, 9.17) is 0 Å². The van der Waals surface area contributed by atoms with Crippen LogP contribution in [0.1, 0.15) is 70.9 Å². The maximum Gasteiger partial charge on any atom is 0.0949 e. The van der Waals surface area contributed by atoms with E-state index in [9.17, 15) is 0 Å². The van der Waals surface area contributed by atoms with Crippen LogP contribution in [-0.2, 0) is 13.1 Å². The van der Waals surface area contributed by atoms with Gasteiger partial charge in [-0.15, -0.1) is 0 Å². The first-order chi connectivity index (χ1) is 9.36. The van der Waals surface area contributed by atoms with Gasteiger partial charge in [-0.05, 0) is 19.4 Å². The van der Waals surface area contributed by atoms with Crippen LogP contribution in [0.15, 0.2) is 12.5 Å². The van der Waals surface area contributed by atoms with Gasteiger partial charge in [0.1, 0.15) is 0 Å². The Kier molecular flexibility index (Phi) is 9.42. The first-order valence-corrected chi connectivity index (χ1v) is 8.08. The predicted molar refractivity (Wildman–Crippen MR) is 82.2 cm³/mol. The van der Waals surface area contributed by atoms with E-state index in [1.165, 1.54) is 51.4 Å². The van der Waals surface area contributed by atoms with Crippen molar-refractivity contribution in [2.75, 3.05) is 6.54 Å². The van der Waals surface area contributed by atoms with E-state index in [1.54, 1.807) is 0 Å². The fourth-order valence-electron chi connectivity index (χ4n) is 2.26. The number of unbranched alkanes of at least 4 members (excludes halogenated alkanes) is 6. The summed E-state index contributed by atoms with van der Waals surface area (Å²) in [4.78, 5) is 4.43. The van der Waals surface area contributed by atoms with Crippen LogP contribution in [0, 0.1) is 0 Å². The molecular formula is C16H31N3. The van der Waals surface area contributed by atoms with E-state index in [1.807, 2.05) is 6.33 Å². The first-order valence-electron chi connectivity index (χ1n) is 8.08. The number of aryl methyl sites for hydroxylation is 1. The van der Waals surface area contributed by atoms with Crippen LogP contribution in [0.4, 0.5) is 0 Å². The minimum Gasteiger partial charge on any atom is -0.337 e. The number of aromatic nitrogens is 2. The van der Waals surface area contributed by atoms with Crippen molar-refractivity contribution < 1.29 is 0 Å². The molecule has 0 unspecified atom stereocenters. The van der Waals surface area contributed by atoms with Gasteiger partial charge in [-0.1, -0.05) is 52.4 Å². The van der Waals surface area contributed by atoms with Gasteiger partial charge in [0.2, 0.25) is 0 Å². The Morgan fingerprint density at radius 2 is 1.74 bits per heavy atom. The molecule has 1 heterocycles. The summed E-state index contributed by atoms with van der Waals surface area (Å²) in [5.41, 5.74) is 1.16. The topological polar surface area (TPSA) is 29.9 Å². The maximum atomic E-state index is 4.43. The van der Waals surface area contributed by atoms with E-state index >= 15 is 0 Å². The van der Waals surface area contributed by atoms with Crippen molar-refractivity contribution in [2.45, 2.75) is 78.3 Å². The highest BCUT2D eigenvalue weighted by molar-refractivity contribution is 4.95. The Balaban J connectivity index is 2.03. The van der Waals surface area contributed by atoms with Gasteiger partial charge in [-0.2, -0.15) is 0 Å². The summed E-state index contributed by atoms with van der Waals surface area (Å²) in [6.07, 6.45) is 14.9. The van der Waals surface area contributed by atoms with Gasteiger partial charge in [0.15, 0.2) is 0 Å². The molecule has 3 nitrogen and oxygen atoms in total. The van der Waals surface area contributed by atoms with Gasteiger partial charge >= 0.3 is 0 Å². The van der Waals surface area contributed by atoms with Gasteiger partial charge in [0.25, 0.3) is 0 Å². The molecule has 0 fully saturated rings. The highest BCUT2D eigenvalue weighted by Crippen LogP contribution is 2.08. The molecule has 0 aliphatic rings. The molecule has 1 aromatic rings. The zero-order chi connectivity index (χ0) is 13.8. The Hall–Kier alpha value is -0.830. The SMILES string of the molecule is CCCCCCCCCn1cnc(CNCCC)c1. The minimum absolute atomic E-state index is 0.901. The minimum atomic E-state index is 0.901. The smallest absolute Gasteiger partial charge is 0.0949 e. The van der Waals surface area contributed by atoms with Crippen LogP contribution in [-0.4, -0.2) is 16.1 Å². The number of hydrogen-bond donors (Lipinski definition) is 1. The lowest BCUT2D eigenvalue weighted by Crippen LogP contribution is -2.13. The molecule has 0 aliphatic carbocycles. The number of nitrogens with zero attached hydrogens (tertiary/aromatic N) is 2. The molecule has 3 heteroatoms. The quantitative estimate of drug-likeness (QED) is 0.576. The van der Waals surface area contributed by atoms with Crippen LogP contribution >= 0.6 is 0 Å². The average Bonchev–Trinajstić information content (AvgIpc) is 2.86. The van der Waals surface area contributed by atoms with Crippen LogP contribution in [0.2, 0.25) is 0 Å². The molecule has 1 N–H and O–H groups in total. The van der Waals surface area contributed by atoms with Gasteiger partial charge in [-0.3, -0.25) is 0 Å². The van der Waals surface area contributed by atoms with Crippen LogP contribution in [0.3, 0.4) is 0 Å². The monoisotopic (exact) mass is 265 g/mol. The molecule has 1 rings (SSSR count). The summed E-state index contributed by atoms with van der Waals surface area (Å²) < 4.78 is 2.23. The average molecular weight is 265 g/mol. The molecule has 0 radical (unpaired) electrons. The third kappa shape index (κ3) is 8.04. The van der Waals surface area contributed by atoms with Gasteiger partial charge < -0.3 is 9.88 Å². The Morgan fingerprint density at radius 3 is 2.47 bits per heavy atom. The first kappa shape index (κ1) is 16.2. The standard InChI is InChI=1S/C16H31N3/c1-3-5-6-7-8-9-10-12-19-14-16(18-15-19)13-17-11-4-2/h14-15,17H,3-13H2,1-2H3. The molecule has 0 aliphatic heterocycles. The van der Waals surface area contributed by atoms with Crippen molar-refractivity contribution in [3.05, 3.63) is 18.2 Å². The van der Waals surface area contributed by atoms with E-state index in [2.05, 4.69) is 34.9 Å². The molecular weight excluding hydrogens is 234 g/mol. The Morgan fingerprint density at radius 1 is 1.00 bits per heavy atom. The third-order valence-electron chi connectivity index (χ3n) is 3.44. The molecule has 0 saturated carbocycles. The highest BCUT2D eigenvalue weighted by Gasteiger charge is 1.98. The lowest BCUT2D eigenvalue weighted by atomic mass is 10.1. The lowest BCUT2D eigenvalue weighted by Gasteiger charge is -2.02. The largest absolute Gasteiger partial charge is 0.337 e. The molecule has 110 valence electrons. The normalized spacial score (nSPS) is 11.1. The molecule has 0 saturated heterocycles. The number of nitrogens with one attached hydrogen (secondary N) is 1. The highest BCUT2D eigenvalue weighted by atomic mass is 15.0. The van der Waals surface area contributed by atoms with Crippen molar-refractivity contribution in [3.8, 4) is 0 Å². The van der Waals surface area contributed by atoms with Crippen molar-refractivity contribution >= 4 is 0 Å². The number of imidazole rings is 1. The fourth-order valence-corrected chi connectivity index (χ4v) is 2.26. The van der Waals surface area contributed by atoms with E-state index in [0.717, 1.165) is 25.3 Å². The Labute approximate surface area is 118 Å². The zero-order valence-corrected chi connectivity index (χ0v) is 12.8. The van der Waals surface area contributed by atoms with E-state index < -0.39 is 0 Å². The molecule has 0 amide bonds. The molecule has 0 aromatic carbocycles. The van der Waals surface area contributed by atoms with Crippen molar-refractivity contribution in [1.29, 1.82) is 0 Å². The lowest BCUT2D eigenvalue weighted by molar-refractivity contribution is 0.549. The molecule has 0 atom stereocenters. The second-order valence-electron chi connectivity index (χ2n) is 5.40. The Bertz CT molecular complexity index is 307. The molecule has 0 spiro atoms. The van der Waals surface area contributed by atoms with E-state index in [-0.39, 0.29) is 0 Å². The van der Waals surface area contributed by atoms with Crippen LogP contribution < -0.4 is 5.32 Å². The summed E-state index contributed by atoms with van der Waals surface area (Å²) in [5.74, 6) is 0. The molecule has 0 bridgehead atoms.